The lowest BCUT2D eigenvalue weighted by molar-refractivity contribution is -0.149. The summed E-state index contributed by atoms with van der Waals surface area (Å²) in [5.74, 6) is -4.77. The van der Waals surface area contributed by atoms with Gasteiger partial charge in [0, 0.05) is 102 Å². The summed E-state index contributed by atoms with van der Waals surface area (Å²) in [6.07, 6.45) is 0.0966. The van der Waals surface area contributed by atoms with E-state index in [0.717, 1.165) is 28.4 Å². The SMILES string of the molecule is CC[C@H](C)[C@@H]([C@@H](CC(=O)N1CCC[C@H]1[C@H](OC)[C@@H](C)C(=O)N[C@@H](Cc1ccccc1)C(=O)NS(=O)(=O)C1CC1)OC)N(C)C(=O)[C@@H](CC(=O)[C@H](C(C)C)N(C)C(=O)OCc1ccc(NC(=O)[C@H](C)CC(=O)CCOCCOCCNC(=O)c2ccc3nc(CSC(C)C)c(CSC(C)C)nc3c2)cc1)C(C)C. The number of sulfonamides is 1. The fourth-order valence-corrected chi connectivity index (χ4v) is 16.1. The number of rotatable bonds is 46. The van der Waals surface area contributed by atoms with Gasteiger partial charge >= 0.3 is 6.09 Å². The summed E-state index contributed by atoms with van der Waals surface area (Å²) in [5, 5.41) is 8.78. The van der Waals surface area contributed by atoms with Crippen LogP contribution in [0.1, 0.15) is 174 Å². The minimum Gasteiger partial charge on any atom is -0.445 e. The number of fused-ring (bicyclic) bond motifs is 1. The van der Waals surface area contributed by atoms with Crippen molar-refractivity contribution in [3.05, 3.63) is 101 Å². The van der Waals surface area contributed by atoms with Crippen LogP contribution in [-0.4, -0.2) is 206 Å². The molecule has 3 aromatic carbocycles. The molecule has 592 valence electrons. The van der Waals surface area contributed by atoms with Gasteiger partial charge in [-0.05, 0) is 95.4 Å². The van der Waals surface area contributed by atoms with E-state index in [1.807, 2.05) is 77.2 Å². The van der Waals surface area contributed by atoms with E-state index in [1.165, 1.54) is 26.2 Å². The predicted octanol–water partition coefficient (Wildman–Crippen LogP) is 10.4. The van der Waals surface area contributed by atoms with Gasteiger partial charge in [0.15, 0.2) is 5.78 Å². The number of Topliss-reactive ketones (excluding diaryl/α,β-unsaturated/α-hetero) is 2. The number of hydrogen-bond acceptors (Lipinski definition) is 20. The largest absolute Gasteiger partial charge is 0.445 e. The molecular formula is C79H117N9O16S3. The Kier molecular flexibility index (Phi) is 36.0. The molecule has 1 saturated carbocycles. The molecule has 107 heavy (non-hydrogen) atoms. The molecule has 1 aliphatic heterocycles. The number of hydrogen-bond donors (Lipinski definition) is 4. The molecule has 10 atom stereocenters. The maximum Gasteiger partial charge on any atom is 0.410 e. The van der Waals surface area contributed by atoms with Gasteiger partial charge in [-0.3, -0.25) is 43.1 Å². The number of nitrogens with one attached hydrogen (secondary N) is 4. The lowest BCUT2D eigenvalue weighted by Gasteiger charge is -2.41. The van der Waals surface area contributed by atoms with Crippen molar-refractivity contribution in [2.75, 3.05) is 73.1 Å². The van der Waals surface area contributed by atoms with Crippen molar-refractivity contribution in [1.82, 2.24) is 40.0 Å². The standard InChI is InChI=1S/C79H117N9O16S3/c1-17-52(10)72(69(100-15)44-70(91)88-35-21-24-67(88)73(101-16)54(12)75(93)84-64(41-55-22-19-18-20-23-55)77(95)85-107(98,99)60-30-31-60)86(13)78(96)61(48(2)3)43-68(90)71(49(4)5)87(14)79(97)104-45-56-25-28-58(29-26-56)81-74(92)53(11)40-59(89)33-36-102-38-39-103-37-34-80-76(94)57-27-32-62-63(42-57)83-66(47-106-51(8)9)65(82-62)46-105-50(6)7/h18-20,22-23,25-29,32,42,48-54,60-61,64,67,69,71-73H,17,21,24,30-31,33-41,43-47H2,1-16H3,(H,80,94)(H,81,92)(H,84,93)(H,85,95)/t52-,53+,54+,61-,64-,67-,69+,71-,72-,73+/m0/s1. The molecule has 2 heterocycles. The number of anilines is 1. The van der Waals surface area contributed by atoms with Crippen molar-refractivity contribution in [2.24, 2.45) is 35.5 Å². The molecule has 6 rings (SSSR count). The third-order valence-electron chi connectivity index (χ3n) is 19.8. The quantitative estimate of drug-likeness (QED) is 0.0299. The first-order valence-electron chi connectivity index (χ1n) is 37.6. The molecule has 28 heteroatoms. The van der Waals surface area contributed by atoms with Crippen LogP contribution in [0.2, 0.25) is 0 Å². The third-order valence-corrected chi connectivity index (χ3v) is 23.8. The smallest absolute Gasteiger partial charge is 0.410 e. The fourth-order valence-electron chi connectivity index (χ4n) is 13.3. The number of ether oxygens (including phenoxy) is 5. The van der Waals surface area contributed by atoms with Crippen LogP contribution < -0.4 is 20.7 Å². The average molecular weight is 1550 g/mol. The van der Waals surface area contributed by atoms with E-state index in [9.17, 15) is 51.6 Å². The molecule has 1 aromatic heterocycles. The number of methoxy groups -OCH3 is 2. The Morgan fingerprint density at radius 1 is 0.682 bits per heavy atom. The molecule has 25 nitrogen and oxygen atoms in total. The molecule has 4 aromatic rings. The second-order valence-corrected chi connectivity index (χ2v) is 34.6. The number of likely N-dealkylation sites (N-methyl/N-ethyl adjacent to an activating group) is 2. The van der Waals surface area contributed by atoms with Gasteiger partial charge in [-0.15, -0.1) is 0 Å². The topological polar surface area (TPSA) is 318 Å². The summed E-state index contributed by atoms with van der Waals surface area (Å²) in [4.78, 5) is 139. The first kappa shape index (κ1) is 88.8. The highest BCUT2D eigenvalue weighted by atomic mass is 32.2. The summed E-state index contributed by atoms with van der Waals surface area (Å²) in [5.41, 5.74) is 5.63. The Balaban J connectivity index is 0.929. The summed E-state index contributed by atoms with van der Waals surface area (Å²) >= 11 is 3.64. The highest BCUT2D eigenvalue weighted by Gasteiger charge is 2.45. The molecule has 2 aliphatic rings. The molecule has 1 saturated heterocycles. The highest BCUT2D eigenvalue weighted by molar-refractivity contribution is 7.99. The lowest BCUT2D eigenvalue weighted by Crippen LogP contribution is -2.55. The van der Waals surface area contributed by atoms with Gasteiger partial charge in [-0.2, -0.15) is 23.5 Å². The number of likely N-dealkylation sites (tertiary alicyclic amines) is 1. The zero-order chi connectivity index (χ0) is 78.8. The minimum absolute atomic E-state index is 0.00571. The number of thioether (sulfide) groups is 2. The average Bonchev–Trinajstić information content (AvgIpc) is 1.50. The Bertz CT molecular complexity index is 3710. The second kappa shape index (κ2) is 43.3. The number of ketones is 2. The summed E-state index contributed by atoms with van der Waals surface area (Å²) in [7, 11) is 2.19. The first-order valence-corrected chi connectivity index (χ1v) is 41.2. The number of nitrogens with zero attached hydrogens (tertiary/aromatic N) is 5. The van der Waals surface area contributed by atoms with E-state index in [-0.39, 0.29) is 125 Å². The fraction of sp³-hybridized carbons (Fsp3) is 0.633. The van der Waals surface area contributed by atoms with Crippen LogP contribution in [0.3, 0.4) is 0 Å². The summed E-state index contributed by atoms with van der Waals surface area (Å²) in [6.45, 7) is 24.7. The van der Waals surface area contributed by atoms with Crippen LogP contribution >= 0.6 is 23.5 Å². The predicted molar refractivity (Wildman–Crippen MR) is 418 cm³/mol. The lowest BCUT2D eigenvalue weighted by atomic mass is 9.83. The zero-order valence-corrected chi connectivity index (χ0v) is 68.0. The maximum atomic E-state index is 14.9. The van der Waals surface area contributed by atoms with Gasteiger partial charge < -0.3 is 54.3 Å². The van der Waals surface area contributed by atoms with Crippen molar-refractivity contribution < 1.29 is 75.3 Å². The number of carbonyl (C=O) groups is 9. The van der Waals surface area contributed by atoms with Crippen LogP contribution in [0.25, 0.3) is 11.0 Å². The summed E-state index contributed by atoms with van der Waals surface area (Å²) in [6, 6.07) is 17.6. The van der Waals surface area contributed by atoms with Crippen LogP contribution in [-0.2, 0) is 91.8 Å². The Labute approximate surface area is 642 Å². The van der Waals surface area contributed by atoms with Crippen molar-refractivity contribution in [1.29, 1.82) is 0 Å². The van der Waals surface area contributed by atoms with Gasteiger partial charge in [-0.1, -0.05) is 132 Å². The molecule has 2 fully saturated rings. The number of aromatic nitrogens is 2. The second-order valence-electron chi connectivity index (χ2n) is 29.5. The normalized spacial score (nSPS) is 16.5. The van der Waals surface area contributed by atoms with Crippen LogP contribution in [0.4, 0.5) is 10.5 Å². The van der Waals surface area contributed by atoms with Crippen LogP contribution in [0, 0.1) is 35.5 Å². The molecule has 0 radical (unpaired) electrons. The monoisotopic (exact) mass is 1540 g/mol. The van der Waals surface area contributed by atoms with Gasteiger partial charge in [0.05, 0.1) is 96.8 Å². The van der Waals surface area contributed by atoms with Crippen molar-refractivity contribution >= 4 is 103 Å². The van der Waals surface area contributed by atoms with E-state index in [0.29, 0.717) is 77.0 Å². The van der Waals surface area contributed by atoms with E-state index in [4.69, 9.17) is 33.7 Å². The van der Waals surface area contributed by atoms with E-state index in [2.05, 4.69) is 48.4 Å². The van der Waals surface area contributed by atoms with Crippen molar-refractivity contribution in [3.8, 4) is 0 Å². The minimum atomic E-state index is -3.92. The molecule has 0 bridgehead atoms. The van der Waals surface area contributed by atoms with Crippen LogP contribution in [0.15, 0.2) is 72.8 Å². The highest BCUT2D eigenvalue weighted by Crippen LogP contribution is 2.33. The Morgan fingerprint density at radius 3 is 1.91 bits per heavy atom. The molecule has 4 N–H and O–H groups in total. The molecule has 0 spiro atoms. The molecule has 1 aliphatic carbocycles. The molecular weight excluding hydrogens is 1430 g/mol. The van der Waals surface area contributed by atoms with Crippen LogP contribution in [0.5, 0.6) is 0 Å². The number of benzene rings is 3. The maximum absolute atomic E-state index is 14.9. The summed E-state index contributed by atoms with van der Waals surface area (Å²) < 4.78 is 57.0. The Morgan fingerprint density at radius 2 is 1.32 bits per heavy atom. The number of amides is 7. The van der Waals surface area contributed by atoms with E-state index < -0.39 is 87.3 Å². The van der Waals surface area contributed by atoms with Crippen molar-refractivity contribution in [2.45, 2.75) is 218 Å². The third kappa shape index (κ3) is 27.2. The van der Waals surface area contributed by atoms with E-state index >= 15 is 0 Å². The number of carbonyl (C=O) groups excluding carboxylic acids is 9. The van der Waals surface area contributed by atoms with E-state index in [1.54, 1.807) is 91.4 Å². The first-order chi connectivity index (χ1) is 50.8. The zero-order valence-electron chi connectivity index (χ0n) is 65.5. The van der Waals surface area contributed by atoms with Gasteiger partial charge in [0.2, 0.25) is 33.7 Å². The van der Waals surface area contributed by atoms with Gasteiger partial charge in [-0.25, -0.2) is 23.2 Å². The molecule has 7 amide bonds. The van der Waals surface area contributed by atoms with Gasteiger partial charge in [0.1, 0.15) is 18.4 Å². The molecule has 0 unspecified atom stereocenters. The van der Waals surface area contributed by atoms with Gasteiger partial charge in [0.25, 0.3) is 11.8 Å². The van der Waals surface area contributed by atoms with Crippen molar-refractivity contribution in [3.63, 3.8) is 0 Å². The Hall–Kier alpha value is -7.08.